The quantitative estimate of drug-likeness (QED) is 0.897. The van der Waals surface area contributed by atoms with Gasteiger partial charge in [0.1, 0.15) is 18.2 Å². The number of hydrogen-bond donors (Lipinski definition) is 1. The Bertz CT molecular complexity index is 775. The molecule has 4 nitrogen and oxygen atoms in total. The highest BCUT2D eigenvalue weighted by molar-refractivity contribution is 5.38. The minimum absolute atomic E-state index is 0.141. The van der Waals surface area contributed by atoms with Gasteiger partial charge in [0.2, 0.25) is 0 Å². The molecular formula is C22H27FN2O2. The predicted molar refractivity (Wildman–Crippen MR) is 103 cm³/mol. The van der Waals surface area contributed by atoms with Gasteiger partial charge in [-0.15, -0.1) is 0 Å². The Labute approximate surface area is 160 Å². The molecule has 0 radical (unpaired) electrons. The number of likely N-dealkylation sites (tertiary alicyclic amines) is 1. The first-order valence-corrected chi connectivity index (χ1v) is 9.77. The molecule has 1 fully saturated rings. The van der Waals surface area contributed by atoms with Crippen LogP contribution >= 0.6 is 0 Å². The third kappa shape index (κ3) is 4.86. The van der Waals surface area contributed by atoms with Gasteiger partial charge in [0.25, 0.3) is 0 Å². The van der Waals surface area contributed by atoms with E-state index >= 15 is 0 Å². The maximum absolute atomic E-state index is 13.5. The highest BCUT2D eigenvalue weighted by Crippen LogP contribution is 2.26. The van der Waals surface area contributed by atoms with E-state index in [0.717, 1.165) is 63.4 Å². The van der Waals surface area contributed by atoms with Crippen molar-refractivity contribution in [3.63, 3.8) is 0 Å². The van der Waals surface area contributed by atoms with Crippen LogP contribution in [0, 0.1) is 5.82 Å². The highest BCUT2D eigenvalue weighted by atomic mass is 19.1. The topological polar surface area (TPSA) is 35.9 Å². The second-order valence-electron chi connectivity index (χ2n) is 7.64. The van der Waals surface area contributed by atoms with Crippen molar-refractivity contribution in [3.05, 3.63) is 65.0 Å². The van der Waals surface area contributed by atoms with Crippen LogP contribution in [0.15, 0.2) is 42.5 Å². The summed E-state index contributed by atoms with van der Waals surface area (Å²) in [6.45, 7) is 5.79. The molecule has 0 aliphatic carbocycles. The number of fused-ring (bicyclic) bond motifs is 1. The van der Waals surface area contributed by atoms with Crippen molar-refractivity contribution in [2.75, 3.05) is 26.2 Å². The molecule has 1 N–H and O–H groups in total. The molecule has 2 aliphatic heterocycles. The molecule has 0 aromatic heterocycles. The van der Waals surface area contributed by atoms with E-state index in [1.807, 2.05) is 6.07 Å². The first-order valence-electron chi connectivity index (χ1n) is 9.77. The van der Waals surface area contributed by atoms with E-state index in [-0.39, 0.29) is 11.9 Å². The molecule has 0 amide bonds. The molecule has 5 heteroatoms. The third-order valence-electron chi connectivity index (χ3n) is 5.44. The molecular weight excluding hydrogens is 343 g/mol. The summed E-state index contributed by atoms with van der Waals surface area (Å²) in [5.74, 6) is 0.766. The average Bonchev–Trinajstić information content (AvgIpc) is 2.85. The normalized spacial score (nSPS) is 19.3. The van der Waals surface area contributed by atoms with Crippen molar-refractivity contribution in [1.82, 2.24) is 9.80 Å². The number of nitrogens with zero attached hydrogens (tertiary/aromatic N) is 2. The van der Waals surface area contributed by atoms with Crippen molar-refractivity contribution in [3.8, 4) is 5.75 Å². The zero-order valence-electron chi connectivity index (χ0n) is 15.6. The molecule has 144 valence electrons. The fourth-order valence-corrected chi connectivity index (χ4v) is 3.96. The van der Waals surface area contributed by atoms with Crippen molar-refractivity contribution in [2.45, 2.75) is 38.6 Å². The minimum Gasteiger partial charge on any atom is -0.492 e. The van der Waals surface area contributed by atoms with Gasteiger partial charge in [-0.25, -0.2) is 4.39 Å². The van der Waals surface area contributed by atoms with Gasteiger partial charge in [0.05, 0.1) is 6.10 Å². The van der Waals surface area contributed by atoms with E-state index in [4.69, 9.17) is 4.74 Å². The fourth-order valence-electron chi connectivity index (χ4n) is 3.96. The molecule has 4 rings (SSSR count). The zero-order valence-corrected chi connectivity index (χ0v) is 15.6. The van der Waals surface area contributed by atoms with Crippen LogP contribution in [0.3, 0.4) is 0 Å². The summed E-state index contributed by atoms with van der Waals surface area (Å²) in [7, 11) is 0. The number of aliphatic hydroxyl groups excluding tert-OH is 1. The Kier molecular flexibility index (Phi) is 5.72. The van der Waals surface area contributed by atoms with Gasteiger partial charge in [-0.2, -0.15) is 0 Å². The van der Waals surface area contributed by atoms with Crippen molar-refractivity contribution in [1.29, 1.82) is 0 Å². The molecule has 0 unspecified atom stereocenters. The lowest BCUT2D eigenvalue weighted by Crippen LogP contribution is -2.35. The molecule has 2 heterocycles. The standard InChI is InChI=1S/C22H27FN2O2/c23-20-3-1-2-17(13-20)15-25-10-11-27-22-5-4-18(12-19(22)16-25)14-24-8-6-21(26)7-9-24/h1-5,12-13,21,26H,6-11,14-16H2. The summed E-state index contributed by atoms with van der Waals surface area (Å²) in [6.07, 6.45) is 1.57. The van der Waals surface area contributed by atoms with Crippen molar-refractivity contribution in [2.24, 2.45) is 0 Å². The number of ether oxygens (including phenoxy) is 1. The average molecular weight is 370 g/mol. The number of benzene rings is 2. The van der Waals surface area contributed by atoms with Crippen LogP contribution in [-0.4, -0.2) is 47.3 Å². The highest BCUT2D eigenvalue weighted by Gasteiger charge is 2.19. The monoisotopic (exact) mass is 370 g/mol. The lowest BCUT2D eigenvalue weighted by molar-refractivity contribution is 0.0792. The summed E-state index contributed by atoms with van der Waals surface area (Å²) in [4.78, 5) is 4.71. The maximum atomic E-state index is 13.5. The first kappa shape index (κ1) is 18.4. The van der Waals surface area contributed by atoms with Crippen molar-refractivity contribution < 1.29 is 14.2 Å². The van der Waals surface area contributed by atoms with Crippen molar-refractivity contribution >= 4 is 0 Å². The van der Waals surface area contributed by atoms with Crippen LogP contribution < -0.4 is 4.74 Å². The lowest BCUT2D eigenvalue weighted by atomic mass is 10.0. The maximum Gasteiger partial charge on any atom is 0.123 e. The SMILES string of the molecule is OC1CCN(Cc2ccc3c(c2)CN(Cc2cccc(F)c2)CCO3)CC1. The predicted octanol–water partition coefficient (Wildman–Crippen LogP) is 3.18. The van der Waals surface area contributed by atoms with E-state index in [1.54, 1.807) is 12.1 Å². The summed E-state index contributed by atoms with van der Waals surface area (Å²) in [6, 6.07) is 13.3. The van der Waals surface area contributed by atoms with Crippen LogP contribution in [0.1, 0.15) is 29.5 Å². The van der Waals surface area contributed by atoms with E-state index in [9.17, 15) is 9.50 Å². The van der Waals surface area contributed by atoms with Gasteiger partial charge < -0.3 is 9.84 Å². The molecule has 0 bridgehead atoms. The van der Waals surface area contributed by atoms with Crippen LogP contribution in [0.5, 0.6) is 5.75 Å². The number of rotatable bonds is 4. The molecule has 0 saturated carbocycles. The minimum atomic E-state index is -0.187. The Balaban J connectivity index is 1.44. The Morgan fingerprint density at radius 3 is 2.56 bits per heavy atom. The van der Waals surface area contributed by atoms with E-state index in [0.29, 0.717) is 6.61 Å². The number of hydrogen-bond acceptors (Lipinski definition) is 4. The summed E-state index contributed by atoms with van der Waals surface area (Å²) >= 11 is 0. The van der Waals surface area contributed by atoms with Gasteiger partial charge in [0.15, 0.2) is 0 Å². The zero-order chi connectivity index (χ0) is 18.6. The van der Waals surface area contributed by atoms with Crippen LogP contribution in [0.25, 0.3) is 0 Å². The van der Waals surface area contributed by atoms with Crippen LogP contribution in [0.2, 0.25) is 0 Å². The first-order chi connectivity index (χ1) is 13.2. The second-order valence-corrected chi connectivity index (χ2v) is 7.64. The number of piperidine rings is 1. The smallest absolute Gasteiger partial charge is 0.123 e. The number of aliphatic hydroxyl groups is 1. The van der Waals surface area contributed by atoms with Gasteiger partial charge >= 0.3 is 0 Å². The Morgan fingerprint density at radius 1 is 0.963 bits per heavy atom. The van der Waals surface area contributed by atoms with Gasteiger partial charge in [-0.05, 0) is 48.2 Å². The van der Waals surface area contributed by atoms with E-state index in [1.165, 1.54) is 17.2 Å². The largest absolute Gasteiger partial charge is 0.492 e. The molecule has 1 saturated heterocycles. The van der Waals surface area contributed by atoms with E-state index < -0.39 is 0 Å². The molecule has 0 atom stereocenters. The number of halogens is 1. The van der Waals surface area contributed by atoms with Gasteiger partial charge in [0, 0.05) is 44.8 Å². The molecule has 0 spiro atoms. The molecule has 2 aliphatic rings. The summed E-state index contributed by atoms with van der Waals surface area (Å²) in [5.41, 5.74) is 3.46. The second kappa shape index (κ2) is 8.38. The summed E-state index contributed by atoms with van der Waals surface area (Å²) in [5, 5.41) is 9.68. The van der Waals surface area contributed by atoms with Crippen LogP contribution in [-0.2, 0) is 19.6 Å². The lowest BCUT2D eigenvalue weighted by Gasteiger charge is -2.29. The Hall–Kier alpha value is -1.95. The van der Waals surface area contributed by atoms with Crippen LogP contribution in [0.4, 0.5) is 4.39 Å². The Morgan fingerprint density at radius 2 is 1.74 bits per heavy atom. The third-order valence-corrected chi connectivity index (χ3v) is 5.44. The van der Waals surface area contributed by atoms with Gasteiger partial charge in [-0.3, -0.25) is 9.80 Å². The molecule has 27 heavy (non-hydrogen) atoms. The summed E-state index contributed by atoms with van der Waals surface area (Å²) < 4.78 is 19.4. The van der Waals surface area contributed by atoms with E-state index in [2.05, 4.69) is 28.0 Å². The van der Waals surface area contributed by atoms with Gasteiger partial charge in [-0.1, -0.05) is 18.2 Å². The molecule has 2 aromatic rings. The fraction of sp³-hybridized carbons (Fsp3) is 0.455. The molecule has 2 aromatic carbocycles.